The molecule has 6 aromatic rings. The number of imide groups is 1. The lowest BCUT2D eigenvalue weighted by atomic mass is 10.0. The summed E-state index contributed by atoms with van der Waals surface area (Å²) in [5, 5.41) is 16.8. The van der Waals surface area contributed by atoms with E-state index in [0.717, 1.165) is 62.2 Å². The number of aromatic nitrogens is 6. The topological polar surface area (TPSA) is 177 Å². The molecule has 5 amide bonds. The lowest BCUT2D eigenvalue weighted by Crippen LogP contribution is -2.52. The third kappa shape index (κ3) is 6.20. The predicted octanol–water partition coefficient (Wildman–Crippen LogP) is 3.65. The van der Waals surface area contributed by atoms with Gasteiger partial charge in [-0.25, -0.2) is 4.68 Å². The Morgan fingerprint density at radius 3 is 2.51 bits per heavy atom. The molecule has 0 saturated carbocycles. The van der Waals surface area contributed by atoms with Crippen molar-refractivity contribution in [3.63, 3.8) is 0 Å². The van der Waals surface area contributed by atoms with E-state index in [0.29, 0.717) is 29.9 Å². The molecule has 1 saturated heterocycles. The van der Waals surface area contributed by atoms with Gasteiger partial charge in [0.1, 0.15) is 11.7 Å². The third-order valence-electron chi connectivity index (χ3n) is 11.2. The normalized spacial score (nSPS) is 16.6. The number of fused-ring (bicyclic) bond motifs is 3. The number of nitrogens with one attached hydrogen (secondary N) is 2. The molecule has 286 valence electrons. The summed E-state index contributed by atoms with van der Waals surface area (Å²) in [4.78, 5) is 75.8. The van der Waals surface area contributed by atoms with Crippen molar-refractivity contribution in [1.82, 2.24) is 50.0 Å². The standard InChI is InChI=1S/C42H38N10O5/c1-4-31-28-17-39(54)49(2)22-37(28)52(48-31)35-10-5-7-23-15-33(44-20-29(23)35)24-11-12-32(43-18-24)40(55)45-19-25-16-34(47-50(25)3)26-8-6-9-27-30(26)21-51(42(27)57)36-13-14-38(53)46-41(36)56/h5-12,15-16,18,20,36H,4,13-14,17,19,21-22H2,1-3H3,(H,45,55)(H,46,53,56). The molecule has 7 heterocycles. The maximum absolute atomic E-state index is 13.3. The van der Waals surface area contributed by atoms with E-state index in [4.69, 9.17) is 10.1 Å². The number of hydrogen-bond acceptors (Lipinski definition) is 9. The van der Waals surface area contributed by atoms with E-state index < -0.39 is 11.9 Å². The summed E-state index contributed by atoms with van der Waals surface area (Å²) in [6.45, 7) is 2.95. The first kappa shape index (κ1) is 35.7. The van der Waals surface area contributed by atoms with Gasteiger partial charge in [-0.1, -0.05) is 31.2 Å². The van der Waals surface area contributed by atoms with E-state index in [1.165, 1.54) is 4.90 Å². The zero-order chi connectivity index (χ0) is 39.5. The highest BCUT2D eigenvalue weighted by atomic mass is 16.2. The second-order valence-corrected chi connectivity index (χ2v) is 14.6. The molecule has 1 atom stereocenters. The van der Waals surface area contributed by atoms with Gasteiger partial charge in [0, 0.05) is 67.1 Å². The Bertz CT molecular complexity index is 2680. The van der Waals surface area contributed by atoms with Gasteiger partial charge in [-0.15, -0.1) is 0 Å². The molecule has 15 heteroatoms. The van der Waals surface area contributed by atoms with Crippen LogP contribution in [0.2, 0.25) is 0 Å². The van der Waals surface area contributed by atoms with E-state index in [-0.39, 0.29) is 55.3 Å². The third-order valence-corrected chi connectivity index (χ3v) is 11.2. The van der Waals surface area contributed by atoms with Crippen molar-refractivity contribution in [3.8, 4) is 28.2 Å². The lowest BCUT2D eigenvalue weighted by Gasteiger charge is -2.29. The minimum atomic E-state index is -0.712. The van der Waals surface area contributed by atoms with E-state index in [1.54, 1.807) is 41.0 Å². The Hall–Kier alpha value is -7.03. The number of pyridine rings is 2. The zero-order valence-electron chi connectivity index (χ0n) is 31.6. The largest absolute Gasteiger partial charge is 0.345 e. The molecule has 2 aromatic carbocycles. The van der Waals surface area contributed by atoms with Gasteiger partial charge in [-0.2, -0.15) is 10.2 Å². The summed E-state index contributed by atoms with van der Waals surface area (Å²) >= 11 is 0. The summed E-state index contributed by atoms with van der Waals surface area (Å²) in [6.07, 6.45) is 5.01. The summed E-state index contributed by atoms with van der Waals surface area (Å²) in [5.41, 5.74) is 8.96. The van der Waals surface area contributed by atoms with E-state index in [1.807, 2.05) is 60.4 Å². The Balaban J connectivity index is 0.890. The number of carbonyl (C=O) groups is 5. The van der Waals surface area contributed by atoms with Gasteiger partial charge in [0.25, 0.3) is 11.8 Å². The quantitative estimate of drug-likeness (QED) is 0.219. The molecule has 9 rings (SSSR count). The number of likely N-dealkylation sites (N-methyl/N-ethyl adjacent to an activating group) is 1. The van der Waals surface area contributed by atoms with Crippen LogP contribution in [0.4, 0.5) is 0 Å². The number of nitrogens with zero attached hydrogens (tertiary/aromatic N) is 8. The maximum atomic E-state index is 13.3. The van der Waals surface area contributed by atoms with E-state index >= 15 is 0 Å². The molecule has 1 unspecified atom stereocenters. The molecule has 1 fully saturated rings. The van der Waals surface area contributed by atoms with Gasteiger partial charge in [-0.3, -0.25) is 43.9 Å². The number of hydrogen-bond donors (Lipinski definition) is 2. The van der Waals surface area contributed by atoms with E-state index in [9.17, 15) is 24.0 Å². The highest BCUT2D eigenvalue weighted by molar-refractivity contribution is 6.06. The minimum absolute atomic E-state index is 0.0935. The molecule has 0 radical (unpaired) electrons. The summed E-state index contributed by atoms with van der Waals surface area (Å²) < 4.78 is 3.64. The van der Waals surface area contributed by atoms with Crippen molar-refractivity contribution in [2.45, 2.75) is 58.3 Å². The predicted molar refractivity (Wildman–Crippen MR) is 208 cm³/mol. The summed E-state index contributed by atoms with van der Waals surface area (Å²) in [7, 11) is 3.60. The van der Waals surface area contributed by atoms with Gasteiger partial charge < -0.3 is 15.1 Å². The van der Waals surface area contributed by atoms with Gasteiger partial charge in [0.2, 0.25) is 17.7 Å². The first-order valence-electron chi connectivity index (χ1n) is 18.8. The SMILES string of the molecule is CCc1nn(-c2cccc3cc(-c4ccc(C(=O)NCc5cc(-c6cccc7c6CN(C6CCC(=O)NC6=O)C7=O)nn5C)nc4)ncc23)c2c1CC(=O)N(C)C2. The molecular weight excluding hydrogens is 725 g/mol. The molecule has 15 nitrogen and oxygen atoms in total. The number of rotatable bonds is 8. The molecule has 0 bridgehead atoms. The average molecular weight is 763 g/mol. The molecular formula is C42H38N10O5. The number of benzene rings is 2. The number of piperidine rings is 1. The van der Waals surface area contributed by atoms with Crippen molar-refractivity contribution in [2.24, 2.45) is 7.05 Å². The molecule has 2 N–H and O–H groups in total. The van der Waals surface area contributed by atoms with E-state index in [2.05, 4.69) is 27.6 Å². The Labute approximate surface area is 326 Å². The zero-order valence-corrected chi connectivity index (χ0v) is 31.6. The van der Waals surface area contributed by atoms with Gasteiger partial charge in [0.15, 0.2) is 0 Å². The average Bonchev–Trinajstić information content (AvgIpc) is 3.88. The second-order valence-electron chi connectivity index (χ2n) is 14.6. The maximum Gasteiger partial charge on any atom is 0.270 e. The Kier molecular flexibility index (Phi) is 8.71. The van der Waals surface area contributed by atoms with Crippen LogP contribution < -0.4 is 10.6 Å². The number of aryl methyl sites for hydroxylation is 2. The minimum Gasteiger partial charge on any atom is -0.345 e. The molecule has 3 aliphatic heterocycles. The van der Waals surface area contributed by atoms with Crippen LogP contribution in [-0.4, -0.2) is 82.0 Å². The summed E-state index contributed by atoms with van der Waals surface area (Å²) in [6, 6.07) is 18.1. The van der Waals surface area contributed by atoms with Gasteiger partial charge >= 0.3 is 0 Å². The molecule has 0 aliphatic carbocycles. The smallest absolute Gasteiger partial charge is 0.270 e. The lowest BCUT2D eigenvalue weighted by molar-refractivity contribution is -0.137. The number of carbonyl (C=O) groups excluding carboxylic acids is 5. The second kappa shape index (κ2) is 13.9. The van der Waals surface area contributed by atoms with Crippen LogP contribution in [-0.2, 0) is 53.9 Å². The monoisotopic (exact) mass is 762 g/mol. The first-order chi connectivity index (χ1) is 27.6. The van der Waals surface area contributed by atoms with Crippen LogP contribution in [0.15, 0.2) is 73.1 Å². The molecule has 57 heavy (non-hydrogen) atoms. The Morgan fingerprint density at radius 2 is 1.72 bits per heavy atom. The van der Waals surface area contributed by atoms with Crippen LogP contribution in [0.1, 0.15) is 68.8 Å². The van der Waals surface area contributed by atoms with Crippen LogP contribution >= 0.6 is 0 Å². The fraction of sp³-hybridized carbons (Fsp3) is 0.262. The highest BCUT2D eigenvalue weighted by Crippen LogP contribution is 2.35. The fourth-order valence-corrected chi connectivity index (χ4v) is 8.05. The highest BCUT2D eigenvalue weighted by Gasteiger charge is 2.40. The molecule has 3 aliphatic rings. The first-order valence-corrected chi connectivity index (χ1v) is 18.8. The summed E-state index contributed by atoms with van der Waals surface area (Å²) in [5.74, 6) is -1.31. The van der Waals surface area contributed by atoms with Gasteiger partial charge in [-0.05, 0) is 60.2 Å². The van der Waals surface area contributed by atoms with Crippen molar-refractivity contribution in [2.75, 3.05) is 7.05 Å². The van der Waals surface area contributed by atoms with Crippen molar-refractivity contribution in [3.05, 3.63) is 113 Å². The number of amides is 5. The van der Waals surface area contributed by atoms with Crippen molar-refractivity contribution >= 4 is 40.3 Å². The van der Waals surface area contributed by atoms with Crippen LogP contribution in [0.25, 0.3) is 39.0 Å². The molecule has 4 aromatic heterocycles. The van der Waals surface area contributed by atoms with Crippen LogP contribution in [0, 0.1) is 0 Å². The van der Waals surface area contributed by atoms with Crippen molar-refractivity contribution in [1.29, 1.82) is 0 Å². The fourth-order valence-electron chi connectivity index (χ4n) is 8.05. The van der Waals surface area contributed by atoms with Crippen LogP contribution in [0.5, 0.6) is 0 Å². The molecule has 0 spiro atoms. The van der Waals surface area contributed by atoms with Crippen LogP contribution in [0.3, 0.4) is 0 Å². The van der Waals surface area contributed by atoms with Gasteiger partial charge in [0.05, 0.1) is 53.7 Å². The van der Waals surface area contributed by atoms with Crippen molar-refractivity contribution < 1.29 is 24.0 Å². The Morgan fingerprint density at radius 1 is 0.895 bits per heavy atom.